The van der Waals surface area contributed by atoms with Gasteiger partial charge in [-0.3, -0.25) is 4.79 Å². The number of likely N-dealkylation sites (N-methyl/N-ethyl adjacent to an activating group) is 1. The lowest BCUT2D eigenvalue weighted by molar-refractivity contribution is -0.123. The number of amides is 1. The van der Waals surface area contributed by atoms with Crippen LogP contribution in [0.3, 0.4) is 0 Å². The van der Waals surface area contributed by atoms with Crippen molar-refractivity contribution in [3.63, 3.8) is 0 Å². The average molecular weight is 237 g/mol. The molecule has 17 heavy (non-hydrogen) atoms. The third-order valence-electron chi connectivity index (χ3n) is 2.89. The Balaban J connectivity index is 2.43. The number of carbonyl (C=O) groups is 1. The summed E-state index contributed by atoms with van der Waals surface area (Å²) in [6.07, 6.45) is 2.55. The summed E-state index contributed by atoms with van der Waals surface area (Å²) in [6, 6.07) is 2.18. The number of hydrogen-bond donors (Lipinski definition) is 0. The standard InChI is InChI=1S/C13H13F2NO/c1-16(2)13(17)5-8-3-4-10-11(8)6-9(14)7-12(10)15/h5-7H,3-4H2,1-2H3. The van der Waals surface area contributed by atoms with Gasteiger partial charge >= 0.3 is 0 Å². The molecule has 1 aromatic carbocycles. The van der Waals surface area contributed by atoms with Crippen LogP contribution in [-0.4, -0.2) is 24.9 Å². The van der Waals surface area contributed by atoms with Gasteiger partial charge in [-0.1, -0.05) is 0 Å². The van der Waals surface area contributed by atoms with Gasteiger partial charge in [-0.15, -0.1) is 0 Å². The summed E-state index contributed by atoms with van der Waals surface area (Å²) in [5.41, 5.74) is 1.74. The van der Waals surface area contributed by atoms with E-state index in [2.05, 4.69) is 0 Å². The molecule has 4 heteroatoms. The topological polar surface area (TPSA) is 20.3 Å². The van der Waals surface area contributed by atoms with Crippen molar-refractivity contribution in [3.8, 4) is 0 Å². The van der Waals surface area contributed by atoms with Crippen LogP contribution in [0, 0.1) is 11.6 Å². The smallest absolute Gasteiger partial charge is 0.246 e. The van der Waals surface area contributed by atoms with E-state index in [-0.39, 0.29) is 5.91 Å². The molecule has 0 unspecified atom stereocenters. The Morgan fingerprint density at radius 1 is 1.29 bits per heavy atom. The van der Waals surface area contributed by atoms with Gasteiger partial charge in [-0.2, -0.15) is 0 Å². The number of rotatable bonds is 1. The van der Waals surface area contributed by atoms with Crippen molar-refractivity contribution < 1.29 is 13.6 Å². The molecule has 0 bridgehead atoms. The summed E-state index contributed by atoms with van der Waals surface area (Å²) in [5.74, 6) is -1.30. The molecule has 0 fully saturated rings. The van der Waals surface area contributed by atoms with Crippen LogP contribution >= 0.6 is 0 Å². The minimum Gasteiger partial charge on any atom is -0.345 e. The molecule has 0 saturated heterocycles. The van der Waals surface area contributed by atoms with E-state index in [0.717, 1.165) is 6.07 Å². The second-order valence-corrected chi connectivity index (χ2v) is 4.32. The van der Waals surface area contributed by atoms with Crippen molar-refractivity contribution in [3.05, 3.63) is 41.0 Å². The fourth-order valence-electron chi connectivity index (χ4n) is 1.97. The normalized spacial score (nSPS) is 16.1. The van der Waals surface area contributed by atoms with Crippen molar-refractivity contribution in [2.45, 2.75) is 12.8 Å². The molecule has 1 amide bonds. The van der Waals surface area contributed by atoms with E-state index in [1.165, 1.54) is 17.0 Å². The van der Waals surface area contributed by atoms with Gasteiger partial charge in [-0.25, -0.2) is 8.78 Å². The van der Waals surface area contributed by atoms with E-state index in [4.69, 9.17) is 0 Å². The maximum Gasteiger partial charge on any atom is 0.246 e. The molecule has 2 nitrogen and oxygen atoms in total. The first kappa shape index (κ1) is 11.8. The van der Waals surface area contributed by atoms with Crippen LogP contribution in [0.15, 0.2) is 18.2 Å². The largest absolute Gasteiger partial charge is 0.345 e. The zero-order valence-electron chi connectivity index (χ0n) is 9.76. The lowest BCUT2D eigenvalue weighted by Crippen LogP contribution is -2.19. The molecule has 2 rings (SSSR count). The lowest BCUT2D eigenvalue weighted by atomic mass is 10.1. The minimum atomic E-state index is -0.605. The molecule has 0 N–H and O–H groups in total. The van der Waals surface area contributed by atoms with Crippen LogP contribution in [0.1, 0.15) is 17.5 Å². The molecule has 1 aromatic rings. The second-order valence-electron chi connectivity index (χ2n) is 4.32. The molecular formula is C13H13F2NO. The van der Waals surface area contributed by atoms with Gasteiger partial charge in [0, 0.05) is 26.2 Å². The fraction of sp³-hybridized carbons (Fsp3) is 0.308. The van der Waals surface area contributed by atoms with Crippen LogP contribution in [0.2, 0.25) is 0 Å². The maximum atomic E-state index is 13.5. The van der Waals surface area contributed by atoms with E-state index in [9.17, 15) is 13.6 Å². The van der Waals surface area contributed by atoms with Crippen molar-refractivity contribution in [1.29, 1.82) is 0 Å². The van der Waals surface area contributed by atoms with E-state index in [1.54, 1.807) is 14.1 Å². The highest BCUT2D eigenvalue weighted by atomic mass is 19.1. The number of benzene rings is 1. The summed E-state index contributed by atoms with van der Waals surface area (Å²) in [5, 5.41) is 0. The quantitative estimate of drug-likeness (QED) is 0.687. The summed E-state index contributed by atoms with van der Waals surface area (Å²) in [7, 11) is 3.28. The summed E-state index contributed by atoms with van der Waals surface area (Å²) in [4.78, 5) is 13.0. The van der Waals surface area contributed by atoms with Crippen LogP contribution in [0.5, 0.6) is 0 Å². The first-order valence-electron chi connectivity index (χ1n) is 5.39. The summed E-state index contributed by atoms with van der Waals surface area (Å²) in [6.45, 7) is 0. The fourth-order valence-corrected chi connectivity index (χ4v) is 1.97. The van der Waals surface area contributed by atoms with Crippen molar-refractivity contribution in [2.75, 3.05) is 14.1 Å². The van der Waals surface area contributed by atoms with Gasteiger partial charge in [0.25, 0.3) is 0 Å². The van der Waals surface area contributed by atoms with E-state index in [0.29, 0.717) is 29.5 Å². The summed E-state index contributed by atoms with van der Waals surface area (Å²) >= 11 is 0. The Morgan fingerprint density at radius 2 is 2.00 bits per heavy atom. The predicted molar refractivity (Wildman–Crippen MR) is 61.4 cm³/mol. The summed E-state index contributed by atoms with van der Waals surface area (Å²) < 4.78 is 26.6. The lowest BCUT2D eigenvalue weighted by Gasteiger charge is -2.08. The monoisotopic (exact) mass is 237 g/mol. The minimum absolute atomic E-state index is 0.169. The molecule has 0 aromatic heterocycles. The Morgan fingerprint density at radius 3 is 2.65 bits per heavy atom. The highest BCUT2D eigenvalue weighted by Gasteiger charge is 2.21. The molecule has 0 spiro atoms. The molecule has 0 atom stereocenters. The third-order valence-corrected chi connectivity index (χ3v) is 2.89. The number of fused-ring (bicyclic) bond motifs is 1. The van der Waals surface area contributed by atoms with E-state index < -0.39 is 11.6 Å². The molecule has 0 aliphatic heterocycles. The molecule has 90 valence electrons. The van der Waals surface area contributed by atoms with Gasteiger partial charge in [0.2, 0.25) is 5.91 Å². The van der Waals surface area contributed by atoms with Crippen molar-refractivity contribution in [1.82, 2.24) is 4.90 Å². The van der Waals surface area contributed by atoms with Crippen LogP contribution < -0.4 is 0 Å². The number of nitrogens with zero attached hydrogens (tertiary/aromatic N) is 1. The molecular weight excluding hydrogens is 224 g/mol. The van der Waals surface area contributed by atoms with Gasteiger partial charge in [0.15, 0.2) is 0 Å². The van der Waals surface area contributed by atoms with Crippen molar-refractivity contribution >= 4 is 11.5 Å². The first-order valence-corrected chi connectivity index (χ1v) is 5.39. The number of allylic oxidation sites excluding steroid dienone is 1. The highest BCUT2D eigenvalue weighted by Crippen LogP contribution is 2.34. The predicted octanol–water partition coefficient (Wildman–Crippen LogP) is 2.38. The second kappa shape index (κ2) is 4.28. The zero-order valence-corrected chi connectivity index (χ0v) is 9.76. The highest BCUT2D eigenvalue weighted by molar-refractivity contribution is 5.96. The Bertz CT molecular complexity index is 506. The van der Waals surface area contributed by atoms with Crippen molar-refractivity contribution in [2.24, 2.45) is 0 Å². The molecule has 1 aliphatic carbocycles. The maximum absolute atomic E-state index is 13.5. The molecule has 0 saturated carbocycles. The van der Waals surface area contributed by atoms with Gasteiger partial charge < -0.3 is 4.90 Å². The Labute approximate surface area is 98.5 Å². The Kier molecular flexibility index (Phi) is 2.96. The van der Waals surface area contributed by atoms with Crippen LogP contribution in [-0.2, 0) is 11.2 Å². The van der Waals surface area contributed by atoms with E-state index in [1.807, 2.05) is 0 Å². The van der Waals surface area contributed by atoms with E-state index >= 15 is 0 Å². The SMILES string of the molecule is CN(C)C(=O)C=C1CCc2c(F)cc(F)cc21. The number of carbonyl (C=O) groups excluding carboxylic acids is 1. The number of hydrogen-bond acceptors (Lipinski definition) is 1. The van der Waals surface area contributed by atoms with Crippen LogP contribution in [0.25, 0.3) is 5.57 Å². The van der Waals surface area contributed by atoms with Gasteiger partial charge in [0.1, 0.15) is 11.6 Å². The van der Waals surface area contributed by atoms with Gasteiger partial charge in [-0.05, 0) is 35.6 Å². The zero-order chi connectivity index (χ0) is 12.6. The molecule has 0 radical (unpaired) electrons. The first-order chi connectivity index (χ1) is 7.99. The third kappa shape index (κ3) is 2.20. The van der Waals surface area contributed by atoms with Gasteiger partial charge in [0.05, 0.1) is 0 Å². The Hall–Kier alpha value is -1.71. The average Bonchev–Trinajstić information content (AvgIpc) is 2.61. The molecule has 0 heterocycles. The molecule has 1 aliphatic rings. The van der Waals surface area contributed by atoms with Crippen LogP contribution in [0.4, 0.5) is 8.78 Å². The number of halogens is 2.